The highest BCUT2D eigenvalue weighted by molar-refractivity contribution is 7.15. The van der Waals surface area contributed by atoms with Gasteiger partial charge in [0.05, 0.1) is 4.92 Å². The molecule has 0 atom stereocenters. The topological polar surface area (TPSA) is 81.2 Å². The van der Waals surface area contributed by atoms with Crippen LogP contribution < -0.4 is 11.1 Å². The van der Waals surface area contributed by atoms with Crippen molar-refractivity contribution in [1.82, 2.24) is 5.32 Å². The molecule has 0 saturated carbocycles. The summed E-state index contributed by atoms with van der Waals surface area (Å²) in [5.41, 5.74) is 5.28. The summed E-state index contributed by atoms with van der Waals surface area (Å²) in [5, 5.41) is 13.6. The Balaban J connectivity index is 2.44. The van der Waals surface area contributed by atoms with E-state index in [2.05, 4.69) is 5.32 Å². The first-order valence-electron chi connectivity index (χ1n) is 3.88. The molecule has 13 heavy (non-hydrogen) atoms. The molecule has 72 valence electrons. The fraction of sp³-hybridized carbons (Fsp3) is 0.429. The Kier molecular flexibility index (Phi) is 3.81. The SMILES string of the molecule is NCCNCc1ccc([N+](=O)[O-])s1. The minimum absolute atomic E-state index is 0.185. The lowest BCUT2D eigenvalue weighted by molar-refractivity contribution is -0.380. The number of thiophene rings is 1. The number of nitrogens with two attached hydrogens (primary N) is 1. The predicted octanol–water partition coefficient (Wildman–Crippen LogP) is 0.705. The molecule has 0 unspecified atom stereocenters. The molecule has 1 aromatic rings. The fourth-order valence-electron chi connectivity index (χ4n) is 0.873. The van der Waals surface area contributed by atoms with Gasteiger partial charge in [0, 0.05) is 30.6 Å². The first-order chi connectivity index (χ1) is 6.24. The van der Waals surface area contributed by atoms with Crippen LogP contribution in [0.2, 0.25) is 0 Å². The number of rotatable bonds is 5. The molecule has 1 aromatic heterocycles. The van der Waals surface area contributed by atoms with Crippen LogP contribution in [0.3, 0.4) is 0 Å². The summed E-state index contributed by atoms with van der Waals surface area (Å²) in [6.07, 6.45) is 0. The molecule has 0 aliphatic heterocycles. The van der Waals surface area contributed by atoms with E-state index in [0.29, 0.717) is 13.1 Å². The second-order valence-corrected chi connectivity index (χ2v) is 3.61. The Morgan fingerprint density at radius 1 is 1.62 bits per heavy atom. The summed E-state index contributed by atoms with van der Waals surface area (Å²) in [6.45, 7) is 1.95. The summed E-state index contributed by atoms with van der Waals surface area (Å²) in [6, 6.07) is 3.27. The summed E-state index contributed by atoms with van der Waals surface area (Å²) in [7, 11) is 0. The van der Waals surface area contributed by atoms with Crippen molar-refractivity contribution in [1.29, 1.82) is 0 Å². The number of nitrogens with zero attached hydrogens (tertiary/aromatic N) is 1. The molecule has 0 saturated heterocycles. The molecule has 0 fully saturated rings. The second kappa shape index (κ2) is 4.90. The Morgan fingerprint density at radius 3 is 2.92 bits per heavy atom. The van der Waals surface area contributed by atoms with Gasteiger partial charge in [-0.25, -0.2) is 0 Å². The molecule has 0 aliphatic carbocycles. The molecule has 0 amide bonds. The molecule has 3 N–H and O–H groups in total. The maximum absolute atomic E-state index is 10.3. The van der Waals surface area contributed by atoms with Crippen LogP contribution in [0.25, 0.3) is 0 Å². The zero-order valence-electron chi connectivity index (χ0n) is 7.03. The number of hydrogen-bond donors (Lipinski definition) is 2. The van der Waals surface area contributed by atoms with Gasteiger partial charge < -0.3 is 11.1 Å². The fourth-order valence-corrected chi connectivity index (χ4v) is 1.66. The van der Waals surface area contributed by atoms with E-state index < -0.39 is 0 Å². The van der Waals surface area contributed by atoms with Crippen molar-refractivity contribution in [2.24, 2.45) is 5.73 Å². The highest BCUT2D eigenvalue weighted by Gasteiger charge is 2.08. The lowest BCUT2D eigenvalue weighted by Crippen LogP contribution is -2.21. The Bertz CT molecular complexity index is 287. The summed E-state index contributed by atoms with van der Waals surface area (Å²) in [5.74, 6) is 0. The first kappa shape index (κ1) is 10.1. The molecule has 5 nitrogen and oxygen atoms in total. The van der Waals surface area contributed by atoms with E-state index in [1.54, 1.807) is 6.07 Å². The van der Waals surface area contributed by atoms with Crippen LogP contribution in [0.4, 0.5) is 5.00 Å². The standard InChI is InChI=1S/C7H11N3O2S/c8-3-4-9-5-6-1-2-7(13-6)10(11)12/h1-2,9H,3-5,8H2. The molecule has 0 aliphatic rings. The largest absolute Gasteiger partial charge is 0.329 e. The van der Waals surface area contributed by atoms with Crippen LogP contribution in [0.1, 0.15) is 4.88 Å². The van der Waals surface area contributed by atoms with Crippen LogP contribution in [0, 0.1) is 10.1 Å². The van der Waals surface area contributed by atoms with Crippen LogP contribution in [0.5, 0.6) is 0 Å². The van der Waals surface area contributed by atoms with Gasteiger partial charge in [-0.3, -0.25) is 10.1 Å². The molecule has 0 bridgehead atoms. The van der Waals surface area contributed by atoms with Crippen molar-refractivity contribution in [3.8, 4) is 0 Å². The zero-order valence-corrected chi connectivity index (χ0v) is 7.84. The van der Waals surface area contributed by atoms with Gasteiger partial charge in [0.15, 0.2) is 0 Å². The number of nitro groups is 1. The third kappa shape index (κ3) is 3.10. The van der Waals surface area contributed by atoms with Gasteiger partial charge in [-0.2, -0.15) is 0 Å². The van der Waals surface area contributed by atoms with Crippen molar-refractivity contribution in [2.45, 2.75) is 6.54 Å². The van der Waals surface area contributed by atoms with Gasteiger partial charge >= 0.3 is 5.00 Å². The van der Waals surface area contributed by atoms with Gasteiger partial charge in [0.1, 0.15) is 0 Å². The van der Waals surface area contributed by atoms with Crippen LogP contribution in [-0.2, 0) is 6.54 Å². The minimum atomic E-state index is -0.378. The third-order valence-corrected chi connectivity index (χ3v) is 2.48. The average Bonchev–Trinajstić information content (AvgIpc) is 2.53. The monoisotopic (exact) mass is 201 g/mol. The minimum Gasteiger partial charge on any atom is -0.329 e. The second-order valence-electron chi connectivity index (χ2n) is 2.46. The molecule has 0 spiro atoms. The Labute approximate surface area is 79.7 Å². The highest BCUT2D eigenvalue weighted by Crippen LogP contribution is 2.23. The smallest absolute Gasteiger partial charge is 0.324 e. The highest BCUT2D eigenvalue weighted by atomic mass is 32.1. The zero-order chi connectivity index (χ0) is 9.68. The maximum Gasteiger partial charge on any atom is 0.324 e. The molecule has 0 radical (unpaired) electrons. The van der Waals surface area contributed by atoms with E-state index in [-0.39, 0.29) is 9.92 Å². The van der Waals surface area contributed by atoms with E-state index >= 15 is 0 Å². The summed E-state index contributed by atoms with van der Waals surface area (Å²) >= 11 is 1.19. The Hall–Kier alpha value is -0.980. The van der Waals surface area contributed by atoms with Gasteiger partial charge in [0.2, 0.25) is 0 Å². The number of nitrogens with one attached hydrogen (secondary N) is 1. The van der Waals surface area contributed by atoms with E-state index in [1.165, 1.54) is 17.4 Å². The average molecular weight is 201 g/mol. The van der Waals surface area contributed by atoms with Crippen molar-refractivity contribution in [3.05, 3.63) is 27.1 Å². The first-order valence-corrected chi connectivity index (χ1v) is 4.69. The quantitative estimate of drug-likeness (QED) is 0.417. The van der Waals surface area contributed by atoms with Crippen LogP contribution in [0.15, 0.2) is 12.1 Å². The molecular formula is C7H11N3O2S. The van der Waals surface area contributed by atoms with Crippen molar-refractivity contribution < 1.29 is 4.92 Å². The Morgan fingerprint density at radius 2 is 2.38 bits per heavy atom. The van der Waals surface area contributed by atoms with Crippen LogP contribution >= 0.6 is 11.3 Å². The lowest BCUT2D eigenvalue weighted by Gasteiger charge is -1.97. The van der Waals surface area contributed by atoms with Crippen molar-refractivity contribution >= 4 is 16.3 Å². The molecule has 0 aromatic carbocycles. The lowest BCUT2D eigenvalue weighted by atomic mass is 10.4. The van der Waals surface area contributed by atoms with Gasteiger partial charge in [-0.05, 0) is 6.07 Å². The van der Waals surface area contributed by atoms with Gasteiger partial charge in [0.25, 0.3) is 0 Å². The van der Waals surface area contributed by atoms with Gasteiger partial charge in [-0.15, -0.1) is 0 Å². The maximum atomic E-state index is 10.3. The van der Waals surface area contributed by atoms with E-state index in [1.807, 2.05) is 0 Å². The summed E-state index contributed by atoms with van der Waals surface area (Å²) < 4.78 is 0. The van der Waals surface area contributed by atoms with E-state index in [0.717, 1.165) is 11.4 Å². The van der Waals surface area contributed by atoms with Crippen molar-refractivity contribution in [3.63, 3.8) is 0 Å². The molecular weight excluding hydrogens is 190 g/mol. The van der Waals surface area contributed by atoms with Gasteiger partial charge in [-0.1, -0.05) is 11.3 Å². The van der Waals surface area contributed by atoms with Crippen molar-refractivity contribution in [2.75, 3.05) is 13.1 Å². The summed E-state index contributed by atoms with van der Waals surface area (Å²) in [4.78, 5) is 10.9. The van der Waals surface area contributed by atoms with Crippen LogP contribution in [-0.4, -0.2) is 18.0 Å². The molecule has 1 rings (SSSR count). The molecule has 6 heteroatoms. The third-order valence-electron chi connectivity index (χ3n) is 1.45. The van der Waals surface area contributed by atoms with E-state index in [4.69, 9.17) is 5.73 Å². The number of hydrogen-bond acceptors (Lipinski definition) is 5. The predicted molar refractivity (Wildman–Crippen MR) is 51.7 cm³/mol. The normalized spacial score (nSPS) is 10.2. The molecule has 1 heterocycles. The van der Waals surface area contributed by atoms with E-state index in [9.17, 15) is 10.1 Å².